The summed E-state index contributed by atoms with van der Waals surface area (Å²) in [5.41, 5.74) is 0. The Morgan fingerprint density at radius 3 is 2.14 bits per heavy atom. The average Bonchev–Trinajstić information content (AvgIpc) is 2.49. The van der Waals surface area contributed by atoms with E-state index in [1.807, 2.05) is 19.9 Å². The van der Waals surface area contributed by atoms with Gasteiger partial charge in [-0.05, 0) is 26.7 Å². The molecule has 0 fully saturated rings. The first kappa shape index (κ1) is 20.7. The summed E-state index contributed by atoms with van der Waals surface area (Å²) in [5.74, 6) is -1.53. The number of amides is 1. The molecule has 0 aliphatic carbocycles. The number of carbonyl (C=O) groups excluding carboxylic acids is 1. The van der Waals surface area contributed by atoms with Crippen LogP contribution < -0.4 is 0 Å². The van der Waals surface area contributed by atoms with Crippen LogP contribution in [0.1, 0.15) is 72.1 Å². The van der Waals surface area contributed by atoms with Crippen molar-refractivity contribution in [2.75, 3.05) is 13.1 Å². The number of allylic oxidation sites excluding steroid dienone is 1. The zero-order valence-electron chi connectivity index (χ0n) is 14.5. The first-order valence-corrected chi connectivity index (χ1v) is 8.73. The summed E-state index contributed by atoms with van der Waals surface area (Å²) in [4.78, 5) is 24.9. The highest BCUT2D eigenvalue weighted by Crippen LogP contribution is 2.13. The minimum Gasteiger partial charge on any atom is -0.481 e. The second-order valence-corrected chi connectivity index (χ2v) is 5.70. The van der Waals surface area contributed by atoms with Crippen LogP contribution in [-0.4, -0.2) is 35.0 Å². The molecule has 1 N–H and O–H groups in total. The Morgan fingerprint density at radius 1 is 1.00 bits per heavy atom. The summed E-state index contributed by atoms with van der Waals surface area (Å²) in [5, 5.41) is 8.98. The maximum absolute atomic E-state index is 12.3. The monoisotopic (exact) mass is 311 g/mol. The molecule has 0 spiro atoms. The summed E-state index contributed by atoms with van der Waals surface area (Å²) in [7, 11) is 0. The second kappa shape index (κ2) is 13.4. The van der Waals surface area contributed by atoms with E-state index in [4.69, 9.17) is 5.11 Å². The Balaban J connectivity index is 4.26. The first-order chi connectivity index (χ1) is 10.6. The molecule has 1 amide bonds. The molecular weight excluding hydrogens is 278 g/mol. The summed E-state index contributed by atoms with van der Waals surface area (Å²) in [6.45, 7) is 7.28. The van der Waals surface area contributed by atoms with E-state index >= 15 is 0 Å². The van der Waals surface area contributed by atoms with Gasteiger partial charge in [-0.25, -0.2) is 0 Å². The van der Waals surface area contributed by atoms with Crippen LogP contribution in [0.2, 0.25) is 0 Å². The summed E-state index contributed by atoms with van der Waals surface area (Å²) in [6, 6.07) is 0. The van der Waals surface area contributed by atoms with Gasteiger partial charge in [-0.3, -0.25) is 9.59 Å². The summed E-state index contributed by atoms with van der Waals surface area (Å²) in [6.07, 6.45) is 12.0. The molecule has 4 heteroatoms. The van der Waals surface area contributed by atoms with Gasteiger partial charge in [0.2, 0.25) is 5.91 Å². The van der Waals surface area contributed by atoms with E-state index < -0.39 is 11.9 Å². The minimum atomic E-state index is -0.922. The number of hydrogen-bond acceptors (Lipinski definition) is 2. The maximum Gasteiger partial charge on any atom is 0.304 e. The summed E-state index contributed by atoms with van der Waals surface area (Å²) < 4.78 is 0. The number of unbranched alkanes of at least 4 members (excludes halogenated alkanes) is 6. The smallest absolute Gasteiger partial charge is 0.304 e. The number of carboxylic acid groups (broad SMARTS) is 1. The van der Waals surface area contributed by atoms with Crippen LogP contribution in [0.15, 0.2) is 12.2 Å². The molecule has 1 atom stereocenters. The molecule has 0 heterocycles. The van der Waals surface area contributed by atoms with E-state index in [-0.39, 0.29) is 12.3 Å². The van der Waals surface area contributed by atoms with E-state index in [1.54, 1.807) is 11.0 Å². The molecular formula is C18H33NO3. The van der Waals surface area contributed by atoms with Gasteiger partial charge in [0.1, 0.15) is 0 Å². The number of carboxylic acids is 1. The zero-order chi connectivity index (χ0) is 16.8. The van der Waals surface area contributed by atoms with Gasteiger partial charge in [0.15, 0.2) is 0 Å². The molecule has 0 saturated heterocycles. The predicted octanol–water partition coefficient (Wildman–Crippen LogP) is 4.25. The minimum absolute atomic E-state index is 0.0772. The van der Waals surface area contributed by atoms with Gasteiger partial charge in [0.25, 0.3) is 0 Å². The highest BCUT2D eigenvalue weighted by Gasteiger charge is 2.22. The fraction of sp³-hybridized carbons (Fsp3) is 0.778. The van der Waals surface area contributed by atoms with Crippen LogP contribution >= 0.6 is 0 Å². The molecule has 128 valence electrons. The third-order valence-electron chi connectivity index (χ3n) is 3.88. The van der Waals surface area contributed by atoms with Crippen molar-refractivity contribution in [2.45, 2.75) is 72.1 Å². The van der Waals surface area contributed by atoms with Crippen LogP contribution in [0.25, 0.3) is 0 Å². The Hall–Kier alpha value is -1.32. The second-order valence-electron chi connectivity index (χ2n) is 5.70. The molecule has 0 radical (unpaired) electrons. The van der Waals surface area contributed by atoms with E-state index in [9.17, 15) is 9.59 Å². The Labute approximate surface area is 135 Å². The highest BCUT2D eigenvalue weighted by molar-refractivity contribution is 5.84. The molecule has 0 aromatic heterocycles. The van der Waals surface area contributed by atoms with Gasteiger partial charge in [-0.15, -0.1) is 0 Å². The van der Waals surface area contributed by atoms with E-state index in [0.717, 1.165) is 12.8 Å². The third-order valence-corrected chi connectivity index (χ3v) is 3.88. The highest BCUT2D eigenvalue weighted by atomic mass is 16.4. The zero-order valence-corrected chi connectivity index (χ0v) is 14.5. The quantitative estimate of drug-likeness (QED) is 0.408. The van der Waals surface area contributed by atoms with Crippen LogP contribution in [0.3, 0.4) is 0 Å². The van der Waals surface area contributed by atoms with Crippen molar-refractivity contribution in [2.24, 2.45) is 5.92 Å². The molecule has 0 aromatic carbocycles. The lowest BCUT2D eigenvalue weighted by molar-refractivity contribution is -0.143. The molecule has 22 heavy (non-hydrogen) atoms. The number of hydrogen-bond donors (Lipinski definition) is 1. The van der Waals surface area contributed by atoms with Crippen molar-refractivity contribution in [1.82, 2.24) is 4.90 Å². The Morgan fingerprint density at radius 2 is 1.59 bits per heavy atom. The molecule has 0 aliphatic heterocycles. The number of carbonyl (C=O) groups is 2. The molecule has 1 unspecified atom stereocenters. The maximum atomic E-state index is 12.3. The lowest BCUT2D eigenvalue weighted by atomic mass is 10.0. The van der Waals surface area contributed by atoms with E-state index in [1.165, 1.54) is 32.1 Å². The van der Waals surface area contributed by atoms with Crippen molar-refractivity contribution in [3.05, 3.63) is 12.2 Å². The van der Waals surface area contributed by atoms with Gasteiger partial charge < -0.3 is 10.0 Å². The standard InChI is InChI=1S/C18H33NO3/c1-4-7-8-9-10-11-12-13-14-16(15-17(20)21)18(22)19(5-2)6-3/h13-14,16H,4-12,15H2,1-3H3,(H,20,21)/b14-13+. The fourth-order valence-corrected chi connectivity index (χ4v) is 2.50. The van der Waals surface area contributed by atoms with Crippen molar-refractivity contribution in [3.8, 4) is 0 Å². The van der Waals surface area contributed by atoms with Crippen LogP contribution in [0, 0.1) is 5.92 Å². The van der Waals surface area contributed by atoms with Crippen molar-refractivity contribution < 1.29 is 14.7 Å². The Kier molecular flexibility index (Phi) is 12.5. The van der Waals surface area contributed by atoms with Gasteiger partial charge >= 0.3 is 5.97 Å². The normalized spacial score (nSPS) is 12.5. The van der Waals surface area contributed by atoms with Crippen LogP contribution in [-0.2, 0) is 9.59 Å². The number of aliphatic carboxylic acids is 1. The van der Waals surface area contributed by atoms with E-state index in [0.29, 0.717) is 13.1 Å². The number of nitrogens with zero attached hydrogens (tertiary/aromatic N) is 1. The van der Waals surface area contributed by atoms with Crippen molar-refractivity contribution in [3.63, 3.8) is 0 Å². The van der Waals surface area contributed by atoms with Gasteiger partial charge in [0.05, 0.1) is 12.3 Å². The Bertz CT molecular complexity index is 335. The lowest BCUT2D eigenvalue weighted by Gasteiger charge is -2.22. The molecule has 0 rings (SSSR count). The van der Waals surface area contributed by atoms with Gasteiger partial charge in [-0.1, -0.05) is 51.2 Å². The average molecular weight is 311 g/mol. The van der Waals surface area contributed by atoms with Crippen LogP contribution in [0.4, 0.5) is 0 Å². The molecule has 4 nitrogen and oxygen atoms in total. The molecule has 0 saturated carbocycles. The van der Waals surface area contributed by atoms with Crippen molar-refractivity contribution >= 4 is 11.9 Å². The summed E-state index contributed by atoms with van der Waals surface area (Å²) >= 11 is 0. The lowest BCUT2D eigenvalue weighted by Crippen LogP contribution is -2.36. The van der Waals surface area contributed by atoms with Gasteiger partial charge in [0, 0.05) is 13.1 Å². The van der Waals surface area contributed by atoms with Crippen LogP contribution in [0.5, 0.6) is 0 Å². The molecule has 0 bridgehead atoms. The predicted molar refractivity (Wildman–Crippen MR) is 90.8 cm³/mol. The SMILES string of the molecule is CCCCCCCC/C=C/C(CC(=O)O)C(=O)N(CC)CC. The fourth-order valence-electron chi connectivity index (χ4n) is 2.50. The molecule has 0 aliphatic rings. The van der Waals surface area contributed by atoms with Gasteiger partial charge in [-0.2, -0.15) is 0 Å². The third kappa shape index (κ3) is 9.59. The largest absolute Gasteiger partial charge is 0.481 e. The number of rotatable bonds is 13. The van der Waals surface area contributed by atoms with E-state index in [2.05, 4.69) is 6.92 Å². The topological polar surface area (TPSA) is 57.6 Å². The van der Waals surface area contributed by atoms with Crippen molar-refractivity contribution in [1.29, 1.82) is 0 Å². The molecule has 0 aromatic rings. The first-order valence-electron chi connectivity index (χ1n) is 8.73.